The van der Waals surface area contributed by atoms with Gasteiger partial charge in [0.25, 0.3) is 0 Å². The van der Waals surface area contributed by atoms with E-state index in [-0.39, 0.29) is 6.42 Å². The van der Waals surface area contributed by atoms with E-state index in [2.05, 4.69) is 0 Å². The lowest BCUT2D eigenvalue weighted by Gasteiger charge is -2.03. The first kappa shape index (κ1) is 10.5. The van der Waals surface area contributed by atoms with Gasteiger partial charge in [0.2, 0.25) is 0 Å². The lowest BCUT2D eigenvalue weighted by Crippen LogP contribution is -1.90. The number of hydrogen-bond donors (Lipinski definition) is 1. The minimum Gasteiger partial charge on any atom is -0.481 e. The molecule has 1 N–H and O–H groups in total. The van der Waals surface area contributed by atoms with Crippen LogP contribution >= 0.6 is 0 Å². The number of carbonyl (C=O) groups is 1. The van der Waals surface area contributed by atoms with Crippen LogP contribution in [0, 0.1) is 13.8 Å². The lowest BCUT2D eigenvalue weighted by molar-refractivity contribution is -0.135. The molecule has 0 unspecified atom stereocenters. The molecule has 0 fully saturated rings. The fourth-order valence-electron chi connectivity index (χ4n) is 1.37. The number of carboxylic acid groups (broad SMARTS) is 1. The van der Waals surface area contributed by atoms with Crippen molar-refractivity contribution in [3.8, 4) is 0 Å². The summed E-state index contributed by atoms with van der Waals surface area (Å²) in [5.41, 5.74) is 3.46. The van der Waals surface area contributed by atoms with E-state index in [0.29, 0.717) is 0 Å². The Kier molecular flexibility index (Phi) is 3.46. The summed E-state index contributed by atoms with van der Waals surface area (Å²) in [7, 11) is 0. The predicted molar refractivity (Wildman–Crippen MR) is 57.2 cm³/mol. The van der Waals surface area contributed by atoms with Crippen LogP contribution in [0.3, 0.4) is 0 Å². The Balaban J connectivity index is 2.85. The molecule has 0 radical (unpaired) electrons. The van der Waals surface area contributed by atoms with E-state index in [1.807, 2.05) is 38.1 Å². The molecule has 1 aromatic rings. The van der Waals surface area contributed by atoms with E-state index in [9.17, 15) is 4.79 Å². The number of carboxylic acids is 1. The summed E-state index contributed by atoms with van der Waals surface area (Å²) in [6.45, 7) is 4.04. The standard InChI is InChI=1S/C12H14O2/c1-9-5-3-6-10(2)11(9)7-4-8-12(13)14/h3-7H,8H2,1-2H3,(H,13,14). The van der Waals surface area contributed by atoms with Gasteiger partial charge in [-0.3, -0.25) is 4.79 Å². The van der Waals surface area contributed by atoms with Gasteiger partial charge in [0.15, 0.2) is 0 Å². The van der Waals surface area contributed by atoms with E-state index >= 15 is 0 Å². The first-order valence-electron chi connectivity index (χ1n) is 4.56. The number of aryl methyl sites for hydroxylation is 2. The Bertz CT molecular complexity index is 344. The van der Waals surface area contributed by atoms with Crippen LogP contribution in [-0.2, 0) is 4.79 Å². The summed E-state index contributed by atoms with van der Waals surface area (Å²) in [5.74, 6) is -0.799. The summed E-state index contributed by atoms with van der Waals surface area (Å²) in [4.78, 5) is 10.3. The minimum atomic E-state index is -0.799. The molecule has 2 heteroatoms. The minimum absolute atomic E-state index is 0.0772. The highest BCUT2D eigenvalue weighted by atomic mass is 16.4. The van der Waals surface area contributed by atoms with Gasteiger partial charge in [-0.05, 0) is 30.5 Å². The average Bonchev–Trinajstić information content (AvgIpc) is 2.09. The molecule has 2 nitrogen and oxygen atoms in total. The summed E-state index contributed by atoms with van der Waals surface area (Å²) in [6.07, 6.45) is 3.63. The van der Waals surface area contributed by atoms with Gasteiger partial charge in [0.1, 0.15) is 0 Å². The molecule has 0 aliphatic carbocycles. The van der Waals surface area contributed by atoms with E-state index in [0.717, 1.165) is 5.56 Å². The summed E-state index contributed by atoms with van der Waals surface area (Å²) >= 11 is 0. The molecule has 0 saturated heterocycles. The zero-order chi connectivity index (χ0) is 10.6. The van der Waals surface area contributed by atoms with Crippen molar-refractivity contribution in [3.63, 3.8) is 0 Å². The second kappa shape index (κ2) is 4.61. The first-order valence-corrected chi connectivity index (χ1v) is 4.56. The fourth-order valence-corrected chi connectivity index (χ4v) is 1.37. The van der Waals surface area contributed by atoms with Crippen LogP contribution < -0.4 is 0 Å². The van der Waals surface area contributed by atoms with Crippen LogP contribution in [-0.4, -0.2) is 11.1 Å². The maximum Gasteiger partial charge on any atom is 0.307 e. The largest absolute Gasteiger partial charge is 0.481 e. The molecule has 0 saturated carbocycles. The normalized spacial score (nSPS) is 10.7. The molecular formula is C12H14O2. The highest BCUT2D eigenvalue weighted by Gasteiger charge is 1.97. The monoisotopic (exact) mass is 190 g/mol. The van der Waals surface area contributed by atoms with Gasteiger partial charge < -0.3 is 5.11 Å². The zero-order valence-electron chi connectivity index (χ0n) is 8.45. The number of rotatable bonds is 3. The Hall–Kier alpha value is -1.57. The van der Waals surface area contributed by atoms with Gasteiger partial charge in [-0.2, -0.15) is 0 Å². The third-order valence-corrected chi connectivity index (χ3v) is 2.12. The topological polar surface area (TPSA) is 37.3 Å². The van der Waals surface area contributed by atoms with Gasteiger partial charge in [-0.15, -0.1) is 0 Å². The van der Waals surface area contributed by atoms with Crippen LogP contribution in [0.15, 0.2) is 24.3 Å². The average molecular weight is 190 g/mol. The van der Waals surface area contributed by atoms with Crippen molar-refractivity contribution in [1.29, 1.82) is 0 Å². The Morgan fingerprint density at radius 1 is 1.36 bits per heavy atom. The van der Waals surface area contributed by atoms with Crippen molar-refractivity contribution in [2.75, 3.05) is 0 Å². The summed E-state index contributed by atoms with van der Waals surface area (Å²) in [6, 6.07) is 6.04. The Morgan fingerprint density at radius 2 is 1.93 bits per heavy atom. The molecule has 1 rings (SSSR count). The molecule has 0 heterocycles. The van der Waals surface area contributed by atoms with Gasteiger partial charge in [-0.25, -0.2) is 0 Å². The molecule has 0 aliphatic rings. The van der Waals surface area contributed by atoms with Crippen molar-refractivity contribution < 1.29 is 9.90 Å². The highest BCUT2D eigenvalue weighted by Crippen LogP contribution is 2.14. The van der Waals surface area contributed by atoms with Gasteiger partial charge >= 0.3 is 5.97 Å². The van der Waals surface area contributed by atoms with Crippen LogP contribution in [0.4, 0.5) is 0 Å². The molecular weight excluding hydrogens is 176 g/mol. The van der Waals surface area contributed by atoms with E-state index < -0.39 is 5.97 Å². The van der Waals surface area contributed by atoms with Crippen LogP contribution in [0.2, 0.25) is 0 Å². The third-order valence-electron chi connectivity index (χ3n) is 2.12. The van der Waals surface area contributed by atoms with Crippen LogP contribution in [0.25, 0.3) is 6.08 Å². The van der Waals surface area contributed by atoms with Crippen LogP contribution in [0.1, 0.15) is 23.1 Å². The molecule has 0 aliphatic heterocycles. The summed E-state index contributed by atoms with van der Waals surface area (Å²) < 4.78 is 0. The summed E-state index contributed by atoms with van der Waals surface area (Å²) in [5, 5.41) is 8.48. The van der Waals surface area contributed by atoms with Crippen molar-refractivity contribution in [1.82, 2.24) is 0 Å². The van der Waals surface area contributed by atoms with E-state index in [4.69, 9.17) is 5.11 Å². The SMILES string of the molecule is Cc1cccc(C)c1C=CCC(=O)O. The van der Waals surface area contributed by atoms with Crippen molar-refractivity contribution in [2.24, 2.45) is 0 Å². The molecule has 1 aromatic carbocycles. The second-order valence-corrected chi connectivity index (χ2v) is 3.31. The number of benzene rings is 1. The first-order chi connectivity index (χ1) is 6.61. The maximum absolute atomic E-state index is 10.3. The zero-order valence-corrected chi connectivity index (χ0v) is 8.45. The van der Waals surface area contributed by atoms with Gasteiger partial charge in [-0.1, -0.05) is 30.4 Å². The van der Waals surface area contributed by atoms with Crippen molar-refractivity contribution >= 4 is 12.0 Å². The molecule has 0 aromatic heterocycles. The molecule has 14 heavy (non-hydrogen) atoms. The predicted octanol–water partition coefficient (Wildman–Crippen LogP) is 2.79. The van der Waals surface area contributed by atoms with Gasteiger partial charge in [0.05, 0.1) is 6.42 Å². The van der Waals surface area contributed by atoms with E-state index in [1.54, 1.807) is 6.08 Å². The Morgan fingerprint density at radius 3 is 2.43 bits per heavy atom. The Labute approximate surface area is 83.9 Å². The molecule has 0 atom stereocenters. The number of aliphatic carboxylic acids is 1. The lowest BCUT2D eigenvalue weighted by atomic mass is 10.0. The van der Waals surface area contributed by atoms with Crippen molar-refractivity contribution in [3.05, 3.63) is 41.0 Å². The number of hydrogen-bond acceptors (Lipinski definition) is 1. The maximum atomic E-state index is 10.3. The quantitative estimate of drug-likeness (QED) is 0.795. The molecule has 74 valence electrons. The third kappa shape index (κ3) is 2.73. The highest BCUT2D eigenvalue weighted by molar-refractivity contribution is 5.71. The van der Waals surface area contributed by atoms with Gasteiger partial charge in [0, 0.05) is 0 Å². The second-order valence-electron chi connectivity index (χ2n) is 3.31. The fraction of sp³-hybridized carbons (Fsp3) is 0.250. The molecule has 0 bridgehead atoms. The van der Waals surface area contributed by atoms with Crippen LogP contribution in [0.5, 0.6) is 0 Å². The van der Waals surface area contributed by atoms with Crippen molar-refractivity contribution in [2.45, 2.75) is 20.3 Å². The smallest absolute Gasteiger partial charge is 0.307 e. The van der Waals surface area contributed by atoms with E-state index in [1.165, 1.54) is 11.1 Å². The molecule has 0 amide bonds. The molecule has 0 spiro atoms.